The van der Waals surface area contributed by atoms with Crippen LogP contribution >= 0.6 is 11.6 Å². The maximum Gasteiger partial charge on any atom is 0.179 e. The predicted molar refractivity (Wildman–Crippen MR) is 115 cm³/mol. The zero-order valence-corrected chi connectivity index (χ0v) is 17.9. The molecule has 4 aromatic heterocycles. The van der Waals surface area contributed by atoms with Crippen LogP contribution in [0.1, 0.15) is 29.8 Å². The van der Waals surface area contributed by atoms with Gasteiger partial charge in [-0.25, -0.2) is 4.52 Å². The molecule has 0 saturated heterocycles. The minimum atomic E-state index is -0.200. The van der Waals surface area contributed by atoms with Gasteiger partial charge in [-0.05, 0) is 37.6 Å². The van der Waals surface area contributed by atoms with Gasteiger partial charge in [0.05, 0.1) is 35.7 Å². The second-order valence-electron chi connectivity index (χ2n) is 7.58. The first kappa shape index (κ1) is 19.4. The molecule has 0 N–H and O–H groups in total. The Labute approximate surface area is 184 Å². The van der Waals surface area contributed by atoms with Crippen LogP contribution in [-0.4, -0.2) is 35.8 Å². The van der Waals surface area contributed by atoms with E-state index in [-0.39, 0.29) is 6.10 Å². The van der Waals surface area contributed by atoms with Crippen LogP contribution in [-0.2, 0) is 13.1 Å². The van der Waals surface area contributed by atoms with E-state index in [1.165, 1.54) is 0 Å². The highest BCUT2D eigenvalue weighted by Crippen LogP contribution is 2.36. The molecule has 31 heavy (non-hydrogen) atoms. The van der Waals surface area contributed by atoms with Crippen LogP contribution in [0.4, 0.5) is 0 Å². The monoisotopic (exact) mass is 433 g/mol. The lowest BCUT2D eigenvalue weighted by atomic mass is 10.1. The van der Waals surface area contributed by atoms with Crippen molar-refractivity contribution in [2.24, 2.45) is 0 Å². The van der Waals surface area contributed by atoms with Crippen molar-refractivity contribution < 1.29 is 4.74 Å². The average molecular weight is 434 g/mol. The number of pyridine rings is 2. The molecule has 0 bridgehead atoms. The molecule has 5 rings (SSSR count). The number of hydrogen-bond donors (Lipinski definition) is 0. The van der Waals surface area contributed by atoms with Crippen molar-refractivity contribution in [3.05, 3.63) is 64.8 Å². The van der Waals surface area contributed by atoms with Crippen LogP contribution in [0.2, 0.25) is 5.02 Å². The number of nitrogens with zero attached hydrogens (tertiary/aromatic N) is 7. The van der Waals surface area contributed by atoms with E-state index < -0.39 is 0 Å². The Morgan fingerprint density at radius 3 is 2.84 bits per heavy atom. The van der Waals surface area contributed by atoms with Crippen molar-refractivity contribution >= 4 is 17.1 Å². The quantitative estimate of drug-likeness (QED) is 0.452. The average Bonchev–Trinajstić information content (AvgIpc) is 3.34. The van der Waals surface area contributed by atoms with Gasteiger partial charge in [0, 0.05) is 36.3 Å². The Morgan fingerprint density at radius 2 is 2.06 bits per heavy atom. The summed E-state index contributed by atoms with van der Waals surface area (Å²) in [6, 6.07) is 5.82. The number of hydrogen-bond acceptors (Lipinski definition) is 6. The molecule has 1 aliphatic rings. The first-order valence-electron chi connectivity index (χ1n) is 10.00. The lowest BCUT2D eigenvalue weighted by Crippen LogP contribution is -2.30. The molecule has 5 heterocycles. The summed E-state index contributed by atoms with van der Waals surface area (Å²) in [6.07, 6.45) is 9.05. The van der Waals surface area contributed by atoms with Gasteiger partial charge in [0.2, 0.25) is 0 Å². The van der Waals surface area contributed by atoms with Crippen LogP contribution in [0, 0.1) is 18.4 Å². The Balaban J connectivity index is 1.59. The third-order valence-corrected chi connectivity index (χ3v) is 5.95. The van der Waals surface area contributed by atoms with E-state index in [4.69, 9.17) is 21.4 Å². The standard InChI is InChI=1S/C22H20ClN7O/c1-14-19-12-28(13-24)7-8-29(19)27-21(14)17-9-20(22-18(23)10-26-30(22)11-17)31-15(2)16-3-5-25-6-4-16/h3-6,9-11,15H,7-8,12H2,1-2H3. The molecule has 0 amide bonds. The van der Waals surface area contributed by atoms with Gasteiger partial charge in [-0.2, -0.15) is 15.5 Å². The summed E-state index contributed by atoms with van der Waals surface area (Å²) in [5, 5.41) is 19.0. The van der Waals surface area contributed by atoms with Gasteiger partial charge in [0.25, 0.3) is 0 Å². The molecule has 0 radical (unpaired) electrons. The zero-order chi connectivity index (χ0) is 21.5. The number of aromatic nitrogens is 5. The zero-order valence-electron chi connectivity index (χ0n) is 17.2. The molecule has 1 atom stereocenters. The van der Waals surface area contributed by atoms with Crippen molar-refractivity contribution in [1.29, 1.82) is 5.26 Å². The normalized spacial score (nSPS) is 14.3. The van der Waals surface area contributed by atoms with Crippen LogP contribution in [0.15, 0.2) is 43.0 Å². The number of nitriles is 1. The van der Waals surface area contributed by atoms with Gasteiger partial charge >= 0.3 is 0 Å². The highest BCUT2D eigenvalue weighted by Gasteiger charge is 2.24. The fourth-order valence-electron chi connectivity index (χ4n) is 3.97. The van der Waals surface area contributed by atoms with Crippen LogP contribution in [0.3, 0.4) is 0 Å². The van der Waals surface area contributed by atoms with Gasteiger partial charge in [0.1, 0.15) is 17.4 Å². The van der Waals surface area contributed by atoms with E-state index in [1.54, 1.807) is 28.0 Å². The van der Waals surface area contributed by atoms with Gasteiger partial charge in [-0.1, -0.05) is 11.6 Å². The van der Waals surface area contributed by atoms with E-state index in [9.17, 15) is 5.26 Å². The second kappa shape index (κ2) is 7.60. The summed E-state index contributed by atoms with van der Waals surface area (Å²) in [7, 11) is 0. The molecule has 0 spiro atoms. The fourth-order valence-corrected chi connectivity index (χ4v) is 4.19. The molecule has 1 aliphatic heterocycles. The Morgan fingerprint density at radius 1 is 1.26 bits per heavy atom. The molecule has 8 nitrogen and oxygen atoms in total. The molecule has 156 valence electrons. The molecular formula is C22H20ClN7O. The van der Waals surface area contributed by atoms with Crippen LogP contribution in [0.25, 0.3) is 16.8 Å². The fraction of sp³-hybridized carbons (Fsp3) is 0.273. The molecule has 4 aromatic rings. The highest BCUT2D eigenvalue weighted by atomic mass is 35.5. The SMILES string of the molecule is Cc1c(-c2cc(OC(C)c3ccncc3)c3c(Cl)cnn3c2)nn2c1CN(C#N)CC2. The van der Waals surface area contributed by atoms with Crippen LogP contribution in [0.5, 0.6) is 5.75 Å². The van der Waals surface area contributed by atoms with E-state index in [2.05, 4.69) is 16.3 Å². The summed E-state index contributed by atoms with van der Waals surface area (Å²) in [5.41, 5.74) is 5.56. The van der Waals surface area contributed by atoms with E-state index in [0.717, 1.165) is 28.1 Å². The van der Waals surface area contributed by atoms with Crippen molar-refractivity contribution in [2.45, 2.75) is 33.0 Å². The lowest BCUT2D eigenvalue weighted by Gasteiger charge is -2.22. The van der Waals surface area contributed by atoms with Crippen LogP contribution < -0.4 is 4.74 Å². The molecule has 0 fully saturated rings. The number of ether oxygens (including phenoxy) is 1. The van der Waals surface area contributed by atoms with Gasteiger partial charge in [0.15, 0.2) is 6.19 Å². The molecular weight excluding hydrogens is 414 g/mol. The topological polar surface area (TPSA) is 84.3 Å². The minimum Gasteiger partial charge on any atom is -0.484 e. The Kier molecular flexibility index (Phi) is 4.75. The predicted octanol–water partition coefficient (Wildman–Crippen LogP) is 3.99. The first-order chi connectivity index (χ1) is 15.0. The largest absolute Gasteiger partial charge is 0.484 e. The molecule has 1 unspecified atom stereocenters. The maximum absolute atomic E-state index is 9.27. The number of rotatable bonds is 4. The van der Waals surface area contributed by atoms with Crippen molar-refractivity contribution in [3.63, 3.8) is 0 Å². The summed E-state index contributed by atoms with van der Waals surface area (Å²) >= 11 is 6.42. The van der Waals surface area contributed by atoms with E-state index in [1.807, 2.05) is 42.9 Å². The summed E-state index contributed by atoms with van der Waals surface area (Å²) in [6.45, 7) is 5.93. The van der Waals surface area contributed by atoms with Gasteiger partial charge in [-0.3, -0.25) is 9.67 Å². The van der Waals surface area contributed by atoms with Crippen molar-refractivity contribution in [3.8, 4) is 23.2 Å². The number of halogens is 1. The molecule has 0 aromatic carbocycles. The van der Waals surface area contributed by atoms with Crippen molar-refractivity contribution in [2.75, 3.05) is 6.54 Å². The third-order valence-electron chi connectivity index (χ3n) is 5.67. The molecule has 0 saturated carbocycles. The first-order valence-corrected chi connectivity index (χ1v) is 10.4. The molecule has 9 heteroatoms. The van der Waals surface area contributed by atoms with E-state index >= 15 is 0 Å². The summed E-state index contributed by atoms with van der Waals surface area (Å²) in [4.78, 5) is 5.82. The van der Waals surface area contributed by atoms with Gasteiger partial charge in [-0.15, -0.1) is 0 Å². The maximum atomic E-state index is 9.27. The minimum absolute atomic E-state index is 0.200. The summed E-state index contributed by atoms with van der Waals surface area (Å²) < 4.78 is 10.0. The van der Waals surface area contributed by atoms with Gasteiger partial charge < -0.3 is 9.64 Å². The Hall–Kier alpha value is -3.57. The van der Waals surface area contributed by atoms with Crippen molar-refractivity contribution in [1.82, 2.24) is 29.3 Å². The molecule has 0 aliphatic carbocycles. The Bertz CT molecular complexity index is 1310. The number of fused-ring (bicyclic) bond motifs is 2. The highest BCUT2D eigenvalue weighted by molar-refractivity contribution is 6.34. The third kappa shape index (κ3) is 3.37. The van der Waals surface area contributed by atoms with E-state index in [0.29, 0.717) is 35.9 Å². The summed E-state index contributed by atoms with van der Waals surface area (Å²) in [5.74, 6) is 0.633. The smallest absolute Gasteiger partial charge is 0.179 e. The lowest BCUT2D eigenvalue weighted by molar-refractivity contribution is 0.229. The second-order valence-corrected chi connectivity index (χ2v) is 7.99.